The molecule has 3 N–H and O–H groups in total. The molecule has 1 aliphatic carbocycles. The van der Waals surface area contributed by atoms with Gasteiger partial charge >= 0.3 is 0 Å². The van der Waals surface area contributed by atoms with E-state index in [1.165, 1.54) is 11.3 Å². The van der Waals surface area contributed by atoms with Crippen molar-refractivity contribution in [3.63, 3.8) is 0 Å². The molecule has 2 heterocycles. The fourth-order valence-corrected chi connectivity index (χ4v) is 6.88. The molecule has 5 rings (SSSR count). The van der Waals surface area contributed by atoms with Crippen molar-refractivity contribution in [3.8, 4) is 0 Å². The Hall–Kier alpha value is -2.98. The Morgan fingerprint density at radius 2 is 1.78 bits per heavy atom. The predicted octanol–water partition coefficient (Wildman–Crippen LogP) is 4.16. The minimum absolute atomic E-state index is 0.220. The van der Waals surface area contributed by atoms with Crippen LogP contribution in [0.4, 0.5) is 0 Å². The SMILES string of the molecule is O=C(NC1(C(=O)N[C@H](Cc2ccccc2)C(=O)NCCCN2CCOCC2)CCCC1)c1cc2cccc(Cl)c2s1. The number of fused-ring (bicyclic) bond motifs is 1. The van der Waals surface area contributed by atoms with Gasteiger partial charge in [-0.05, 0) is 48.9 Å². The van der Waals surface area contributed by atoms with Crippen LogP contribution in [-0.2, 0) is 20.7 Å². The van der Waals surface area contributed by atoms with Crippen molar-refractivity contribution >= 4 is 50.7 Å². The number of rotatable bonds is 11. The van der Waals surface area contributed by atoms with Crippen molar-refractivity contribution in [1.29, 1.82) is 0 Å². The zero-order valence-corrected chi connectivity index (χ0v) is 24.7. The standard InChI is InChI=1S/C31H37ClN4O4S/c32-24-11-6-10-23-21-26(41-27(23)24)29(38)35-31(12-4-5-13-31)30(39)34-25(20-22-8-2-1-3-9-22)28(37)33-14-7-15-36-16-18-40-19-17-36/h1-3,6,8-11,21,25H,4-5,7,12-20H2,(H,33,37)(H,34,39)(H,35,38)/t25-/m1/s1. The van der Waals surface area contributed by atoms with Gasteiger partial charge in [-0.15, -0.1) is 11.3 Å². The average molecular weight is 597 g/mol. The summed E-state index contributed by atoms with van der Waals surface area (Å²) in [5, 5.41) is 10.6. The molecule has 10 heteroatoms. The Balaban J connectivity index is 1.26. The summed E-state index contributed by atoms with van der Waals surface area (Å²) in [5.41, 5.74) is -0.115. The predicted molar refractivity (Wildman–Crippen MR) is 162 cm³/mol. The number of ether oxygens (including phenoxy) is 1. The molecule has 2 aromatic carbocycles. The van der Waals surface area contributed by atoms with Crippen molar-refractivity contribution < 1.29 is 19.1 Å². The third-order valence-corrected chi connectivity index (χ3v) is 9.53. The van der Waals surface area contributed by atoms with E-state index in [0.717, 1.165) is 67.8 Å². The lowest BCUT2D eigenvalue weighted by atomic mass is 9.94. The van der Waals surface area contributed by atoms with Crippen LogP contribution >= 0.6 is 22.9 Å². The Kier molecular flexibility index (Phi) is 9.92. The van der Waals surface area contributed by atoms with Gasteiger partial charge in [0.25, 0.3) is 5.91 Å². The summed E-state index contributed by atoms with van der Waals surface area (Å²) in [6, 6.07) is 16.3. The largest absolute Gasteiger partial charge is 0.379 e. The van der Waals surface area contributed by atoms with Gasteiger partial charge in [0.1, 0.15) is 11.6 Å². The maximum atomic E-state index is 13.9. The molecule has 0 spiro atoms. The second kappa shape index (κ2) is 13.8. The number of nitrogens with zero attached hydrogens (tertiary/aromatic N) is 1. The number of hydrogen-bond donors (Lipinski definition) is 3. The van der Waals surface area contributed by atoms with Gasteiger partial charge in [-0.1, -0.05) is 66.9 Å². The molecule has 1 aliphatic heterocycles. The van der Waals surface area contributed by atoms with E-state index < -0.39 is 11.6 Å². The molecule has 1 atom stereocenters. The van der Waals surface area contributed by atoms with E-state index in [0.29, 0.717) is 35.7 Å². The maximum Gasteiger partial charge on any atom is 0.262 e. The first-order valence-corrected chi connectivity index (χ1v) is 15.6. The Labute approximate surface area is 249 Å². The summed E-state index contributed by atoms with van der Waals surface area (Å²) in [6.07, 6.45) is 3.87. The van der Waals surface area contributed by atoms with Crippen LogP contribution in [0.3, 0.4) is 0 Å². The second-order valence-corrected chi connectivity index (χ2v) is 12.3. The lowest BCUT2D eigenvalue weighted by Crippen LogP contribution is -2.61. The van der Waals surface area contributed by atoms with Crippen molar-refractivity contribution in [1.82, 2.24) is 20.9 Å². The van der Waals surface area contributed by atoms with Gasteiger partial charge in [-0.2, -0.15) is 0 Å². The number of thiophene rings is 1. The number of carbonyl (C=O) groups excluding carboxylic acids is 3. The monoisotopic (exact) mass is 596 g/mol. The molecule has 1 saturated heterocycles. The van der Waals surface area contributed by atoms with E-state index in [1.54, 1.807) is 6.07 Å². The highest BCUT2D eigenvalue weighted by molar-refractivity contribution is 7.21. The van der Waals surface area contributed by atoms with E-state index in [-0.39, 0.29) is 17.7 Å². The van der Waals surface area contributed by atoms with Gasteiger partial charge in [0.05, 0.1) is 27.8 Å². The smallest absolute Gasteiger partial charge is 0.262 e. The molecule has 0 radical (unpaired) electrons. The highest BCUT2D eigenvalue weighted by atomic mass is 35.5. The van der Waals surface area contributed by atoms with E-state index in [4.69, 9.17) is 16.3 Å². The Morgan fingerprint density at radius 3 is 2.51 bits per heavy atom. The third kappa shape index (κ3) is 7.46. The van der Waals surface area contributed by atoms with Crippen LogP contribution in [0.5, 0.6) is 0 Å². The minimum Gasteiger partial charge on any atom is -0.379 e. The molecule has 3 amide bonds. The van der Waals surface area contributed by atoms with E-state index in [1.807, 2.05) is 48.5 Å². The molecule has 2 aliphatic rings. The van der Waals surface area contributed by atoms with Crippen LogP contribution in [-0.4, -0.2) is 73.6 Å². The van der Waals surface area contributed by atoms with Gasteiger partial charge in [0.2, 0.25) is 11.8 Å². The molecular formula is C31H37ClN4O4S. The number of carbonyl (C=O) groups is 3. The molecule has 1 aromatic heterocycles. The summed E-state index contributed by atoms with van der Waals surface area (Å²) in [7, 11) is 0. The number of benzene rings is 2. The number of hydrogen-bond acceptors (Lipinski definition) is 6. The molecular weight excluding hydrogens is 560 g/mol. The summed E-state index contributed by atoms with van der Waals surface area (Å²) >= 11 is 7.65. The van der Waals surface area contributed by atoms with Crippen molar-refractivity contribution in [2.24, 2.45) is 0 Å². The van der Waals surface area contributed by atoms with E-state index in [2.05, 4.69) is 20.9 Å². The van der Waals surface area contributed by atoms with Crippen LogP contribution in [0.2, 0.25) is 5.02 Å². The summed E-state index contributed by atoms with van der Waals surface area (Å²) in [4.78, 5) is 43.5. The molecule has 8 nitrogen and oxygen atoms in total. The van der Waals surface area contributed by atoms with E-state index >= 15 is 0 Å². The molecule has 1 saturated carbocycles. The van der Waals surface area contributed by atoms with Crippen LogP contribution in [0.1, 0.15) is 47.3 Å². The number of halogens is 1. The molecule has 41 heavy (non-hydrogen) atoms. The fraction of sp³-hybridized carbons (Fsp3) is 0.452. The van der Waals surface area contributed by atoms with Gasteiger partial charge in [-0.25, -0.2) is 0 Å². The number of nitrogens with one attached hydrogen (secondary N) is 3. The van der Waals surface area contributed by atoms with E-state index in [9.17, 15) is 14.4 Å². The Bertz CT molecular complexity index is 1350. The van der Waals surface area contributed by atoms with Gasteiger partial charge in [0, 0.05) is 26.1 Å². The normalized spacial score (nSPS) is 17.7. The van der Waals surface area contributed by atoms with Crippen molar-refractivity contribution in [3.05, 3.63) is 70.1 Å². The van der Waals surface area contributed by atoms with Crippen LogP contribution in [0.15, 0.2) is 54.6 Å². The first-order valence-electron chi connectivity index (χ1n) is 14.4. The second-order valence-electron chi connectivity index (χ2n) is 10.8. The lowest BCUT2D eigenvalue weighted by molar-refractivity contribution is -0.132. The van der Waals surface area contributed by atoms with Crippen molar-refractivity contribution in [2.45, 2.75) is 50.1 Å². The van der Waals surface area contributed by atoms with Gasteiger partial charge in [0.15, 0.2) is 0 Å². The average Bonchev–Trinajstić information content (AvgIpc) is 3.65. The molecule has 218 valence electrons. The summed E-state index contributed by atoms with van der Waals surface area (Å²) in [6.45, 7) is 4.70. The topological polar surface area (TPSA) is 99.8 Å². The zero-order chi connectivity index (χ0) is 28.7. The van der Waals surface area contributed by atoms with Crippen LogP contribution < -0.4 is 16.0 Å². The first-order chi connectivity index (χ1) is 19.9. The first kappa shape index (κ1) is 29.5. The zero-order valence-electron chi connectivity index (χ0n) is 23.1. The Morgan fingerprint density at radius 1 is 1.02 bits per heavy atom. The lowest BCUT2D eigenvalue weighted by Gasteiger charge is -2.31. The highest BCUT2D eigenvalue weighted by Gasteiger charge is 2.44. The minimum atomic E-state index is -1.07. The number of amides is 3. The van der Waals surface area contributed by atoms with Gasteiger partial charge < -0.3 is 20.7 Å². The third-order valence-electron chi connectivity index (χ3n) is 7.92. The summed E-state index contributed by atoms with van der Waals surface area (Å²) < 4.78 is 6.25. The quantitative estimate of drug-likeness (QED) is 0.289. The highest BCUT2D eigenvalue weighted by Crippen LogP contribution is 2.34. The summed E-state index contributed by atoms with van der Waals surface area (Å²) in [5.74, 6) is -0.832. The fourth-order valence-electron chi connectivity index (χ4n) is 5.62. The molecule has 0 unspecified atom stereocenters. The number of morpholine rings is 1. The molecule has 2 fully saturated rings. The molecule has 3 aromatic rings. The molecule has 0 bridgehead atoms. The van der Waals surface area contributed by atoms with Crippen LogP contribution in [0, 0.1) is 0 Å². The van der Waals surface area contributed by atoms with Gasteiger partial charge in [-0.3, -0.25) is 19.3 Å². The van der Waals surface area contributed by atoms with Crippen molar-refractivity contribution in [2.75, 3.05) is 39.4 Å². The maximum absolute atomic E-state index is 13.9. The van der Waals surface area contributed by atoms with Crippen LogP contribution in [0.25, 0.3) is 10.1 Å².